The summed E-state index contributed by atoms with van der Waals surface area (Å²) in [5, 5.41) is 0. The second-order valence-corrected chi connectivity index (χ2v) is 5.20. The lowest BCUT2D eigenvalue weighted by molar-refractivity contribution is -0.125. The van der Waals surface area contributed by atoms with Crippen LogP contribution in [0.2, 0.25) is 0 Å². The molecule has 2 nitrogen and oxygen atoms in total. The van der Waals surface area contributed by atoms with Gasteiger partial charge in [0, 0.05) is 13.1 Å². The van der Waals surface area contributed by atoms with Crippen LogP contribution >= 0.6 is 0 Å². The molecule has 1 aliphatic heterocycles. The molecule has 0 aromatic heterocycles. The molecule has 17 heavy (non-hydrogen) atoms. The van der Waals surface area contributed by atoms with Gasteiger partial charge in [-0.3, -0.25) is 4.79 Å². The molecule has 0 aromatic carbocycles. The number of nitrogens with zero attached hydrogens (tertiary/aromatic N) is 1. The molecule has 0 radical (unpaired) electrons. The number of rotatable bonds is 8. The van der Waals surface area contributed by atoms with E-state index in [9.17, 15) is 4.79 Å². The number of amides is 1. The molecule has 0 aliphatic carbocycles. The van der Waals surface area contributed by atoms with Crippen molar-refractivity contribution in [1.82, 2.24) is 4.90 Å². The van der Waals surface area contributed by atoms with E-state index in [2.05, 4.69) is 13.5 Å². The summed E-state index contributed by atoms with van der Waals surface area (Å²) in [6.45, 7) is 7.69. The maximum absolute atomic E-state index is 11.4. The lowest BCUT2D eigenvalue weighted by Gasteiger charge is -2.14. The molecular weight excluding hydrogens is 210 g/mol. The number of hydrogen-bond donors (Lipinski definition) is 0. The molecule has 98 valence electrons. The van der Waals surface area contributed by atoms with Crippen LogP contribution in [-0.4, -0.2) is 23.9 Å². The van der Waals surface area contributed by atoms with Gasteiger partial charge in [0.25, 0.3) is 0 Å². The Hall–Kier alpha value is -0.790. The highest BCUT2D eigenvalue weighted by Crippen LogP contribution is 2.22. The monoisotopic (exact) mass is 237 g/mol. The Morgan fingerprint density at radius 3 is 2.71 bits per heavy atom. The van der Waals surface area contributed by atoms with Gasteiger partial charge in [-0.15, -0.1) is 0 Å². The molecule has 0 saturated carbocycles. The number of carbonyl (C=O) groups is 1. The zero-order valence-corrected chi connectivity index (χ0v) is 11.3. The van der Waals surface area contributed by atoms with Crippen LogP contribution in [0.1, 0.15) is 58.3 Å². The number of hydrogen-bond acceptors (Lipinski definition) is 1. The second kappa shape index (κ2) is 8.32. The maximum atomic E-state index is 11.4. The smallest absolute Gasteiger partial charge is 0.245 e. The van der Waals surface area contributed by atoms with Gasteiger partial charge >= 0.3 is 0 Å². The van der Waals surface area contributed by atoms with Crippen LogP contribution in [0.15, 0.2) is 12.7 Å². The summed E-state index contributed by atoms with van der Waals surface area (Å²) >= 11 is 0. The fraction of sp³-hybridized carbons (Fsp3) is 0.800. The van der Waals surface area contributed by atoms with E-state index in [4.69, 9.17) is 0 Å². The standard InChI is InChI=1S/C15H27NO/c1-3-5-6-7-8-9-10-14-11-12-16(13-14)15(17)4-2/h4,14H,2-3,5-13H2,1H3/t14-/m0/s1. The Balaban J connectivity index is 2.02. The Morgan fingerprint density at radius 1 is 1.29 bits per heavy atom. The van der Waals surface area contributed by atoms with Crippen LogP contribution in [-0.2, 0) is 4.79 Å². The first-order valence-corrected chi connectivity index (χ1v) is 7.19. The highest BCUT2D eigenvalue weighted by molar-refractivity contribution is 5.87. The molecule has 0 spiro atoms. The van der Waals surface area contributed by atoms with Crippen LogP contribution in [0.3, 0.4) is 0 Å². The second-order valence-electron chi connectivity index (χ2n) is 5.20. The van der Waals surface area contributed by atoms with E-state index < -0.39 is 0 Å². The summed E-state index contributed by atoms with van der Waals surface area (Å²) in [5.74, 6) is 0.848. The fourth-order valence-corrected chi connectivity index (χ4v) is 2.61. The molecule has 0 bridgehead atoms. The van der Waals surface area contributed by atoms with Crippen molar-refractivity contribution in [1.29, 1.82) is 0 Å². The third-order valence-electron chi connectivity index (χ3n) is 3.74. The number of likely N-dealkylation sites (tertiary alicyclic amines) is 1. The van der Waals surface area contributed by atoms with Gasteiger partial charge in [-0.25, -0.2) is 0 Å². The van der Waals surface area contributed by atoms with Crippen molar-refractivity contribution in [2.75, 3.05) is 13.1 Å². The Labute approximate surface area is 106 Å². The van der Waals surface area contributed by atoms with Crippen molar-refractivity contribution < 1.29 is 4.79 Å². The van der Waals surface area contributed by atoms with E-state index in [1.54, 1.807) is 0 Å². The zero-order chi connectivity index (χ0) is 12.5. The van der Waals surface area contributed by atoms with Crippen molar-refractivity contribution >= 4 is 5.91 Å². The minimum absolute atomic E-state index is 0.107. The average molecular weight is 237 g/mol. The van der Waals surface area contributed by atoms with Gasteiger partial charge in [0.1, 0.15) is 0 Å². The lowest BCUT2D eigenvalue weighted by Crippen LogP contribution is -2.26. The Morgan fingerprint density at radius 2 is 2.00 bits per heavy atom. The summed E-state index contributed by atoms with van der Waals surface area (Å²) in [5.41, 5.74) is 0. The minimum Gasteiger partial charge on any atom is -0.339 e. The number of carbonyl (C=O) groups excluding carboxylic acids is 1. The van der Waals surface area contributed by atoms with Crippen LogP contribution in [0.5, 0.6) is 0 Å². The molecule has 1 atom stereocenters. The summed E-state index contributed by atoms with van der Waals surface area (Å²) in [7, 11) is 0. The van der Waals surface area contributed by atoms with Crippen molar-refractivity contribution in [3.05, 3.63) is 12.7 Å². The molecule has 0 N–H and O–H groups in total. The molecule has 0 unspecified atom stereocenters. The van der Waals surface area contributed by atoms with Gasteiger partial charge in [-0.05, 0) is 24.8 Å². The Bertz CT molecular complexity index is 237. The number of unbranched alkanes of at least 4 members (excludes halogenated alkanes) is 5. The predicted molar refractivity (Wildman–Crippen MR) is 72.9 cm³/mol. The van der Waals surface area contributed by atoms with Crippen LogP contribution < -0.4 is 0 Å². The first-order chi connectivity index (χ1) is 8.27. The van der Waals surface area contributed by atoms with Crippen LogP contribution in [0.4, 0.5) is 0 Å². The molecule has 1 rings (SSSR count). The van der Waals surface area contributed by atoms with Gasteiger partial charge < -0.3 is 4.90 Å². The van der Waals surface area contributed by atoms with Gasteiger partial charge in [-0.1, -0.05) is 52.0 Å². The van der Waals surface area contributed by atoms with E-state index in [-0.39, 0.29) is 5.91 Å². The summed E-state index contributed by atoms with van der Waals surface area (Å²) in [4.78, 5) is 13.4. The van der Waals surface area contributed by atoms with Gasteiger partial charge in [-0.2, -0.15) is 0 Å². The first-order valence-electron chi connectivity index (χ1n) is 7.19. The minimum atomic E-state index is 0.107. The van der Waals surface area contributed by atoms with Gasteiger partial charge in [0.15, 0.2) is 0 Å². The molecule has 0 aromatic rings. The van der Waals surface area contributed by atoms with Crippen LogP contribution in [0.25, 0.3) is 0 Å². The van der Waals surface area contributed by atoms with E-state index in [0.29, 0.717) is 0 Å². The van der Waals surface area contributed by atoms with Gasteiger partial charge in [0.2, 0.25) is 5.91 Å². The highest BCUT2D eigenvalue weighted by Gasteiger charge is 2.23. The van der Waals surface area contributed by atoms with Gasteiger partial charge in [0.05, 0.1) is 0 Å². The molecular formula is C15H27NO. The predicted octanol–water partition coefficient (Wildman–Crippen LogP) is 3.77. The first kappa shape index (κ1) is 14.3. The topological polar surface area (TPSA) is 20.3 Å². The normalized spacial score (nSPS) is 19.6. The largest absolute Gasteiger partial charge is 0.339 e. The summed E-state index contributed by atoms with van der Waals surface area (Å²) in [6, 6.07) is 0. The third kappa shape index (κ3) is 5.38. The average Bonchev–Trinajstić information content (AvgIpc) is 2.81. The molecule has 1 amide bonds. The quantitative estimate of drug-likeness (QED) is 0.465. The van der Waals surface area contributed by atoms with Crippen LogP contribution in [0, 0.1) is 5.92 Å². The summed E-state index contributed by atoms with van der Waals surface area (Å²) < 4.78 is 0. The zero-order valence-electron chi connectivity index (χ0n) is 11.3. The van der Waals surface area contributed by atoms with E-state index in [0.717, 1.165) is 19.0 Å². The molecule has 1 heterocycles. The van der Waals surface area contributed by atoms with Crippen molar-refractivity contribution in [3.63, 3.8) is 0 Å². The van der Waals surface area contributed by atoms with E-state index in [1.807, 2.05) is 4.90 Å². The van der Waals surface area contributed by atoms with E-state index >= 15 is 0 Å². The lowest BCUT2D eigenvalue weighted by atomic mass is 10.00. The molecule has 1 fully saturated rings. The van der Waals surface area contributed by atoms with Crippen molar-refractivity contribution in [2.45, 2.75) is 58.3 Å². The van der Waals surface area contributed by atoms with Crippen molar-refractivity contribution in [3.8, 4) is 0 Å². The highest BCUT2D eigenvalue weighted by atomic mass is 16.2. The van der Waals surface area contributed by atoms with E-state index in [1.165, 1.54) is 57.4 Å². The SMILES string of the molecule is C=CC(=O)N1CC[C@H](CCCCCCCC)C1. The molecule has 1 aliphatic rings. The summed E-state index contributed by atoms with van der Waals surface area (Å²) in [6.07, 6.45) is 12.1. The maximum Gasteiger partial charge on any atom is 0.245 e. The molecule has 2 heteroatoms. The Kier molecular flexibility index (Phi) is 6.99. The van der Waals surface area contributed by atoms with Crippen molar-refractivity contribution in [2.24, 2.45) is 5.92 Å². The molecule has 1 saturated heterocycles. The fourth-order valence-electron chi connectivity index (χ4n) is 2.61. The third-order valence-corrected chi connectivity index (χ3v) is 3.74.